The van der Waals surface area contributed by atoms with E-state index in [4.69, 9.17) is 9.15 Å². The third kappa shape index (κ3) is 5.16. The zero-order valence-electron chi connectivity index (χ0n) is 18.9. The Morgan fingerprint density at radius 1 is 0.971 bits per heavy atom. The molecule has 5 rings (SSSR count). The second kappa shape index (κ2) is 10.1. The molecule has 0 saturated carbocycles. The van der Waals surface area contributed by atoms with Crippen LogP contribution in [0.5, 0.6) is 5.75 Å². The van der Waals surface area contributed by atoms with Gasteiger partial charge in [-0.05, 0) is 29.8 Å². The van der Waals surface area contributed by atoms with Gasteiger partial charge in [-0.25, -0.2) is 0 Å². The minimum Gasteiger partial charge on any atom is -0.487 e. The van der Waals surface area contributed by atoms with Crippen molar-refractivity contribution < 1.29 is 18.7 Å². The van der Waals surface area contributed by atoms with Crippen molar-refractivity contribution in [2.75, 3.05) is 45.8 Å². The molecule has 3 aromatic rings. The van der Waals surface area contributed by atoms with E-state index < -0.39 is 0 Å². The van der Waals surface area contributed by atoms with Gasteiger partial charge in [-0.1, -0.05) is 30.3 Å². The molecule has 3 heterocycles. The molecular formula is C25H27N5O4. The van der Waals surface area contributed by atoms with E-state index in [0.717, 1.165) is 50.3 Å². The first kappa shape index (κ1) is 22.2. The summed E-state index contributed by atoms with van der Waals surface area (Å²) in [6, 6.07) is 17.5. The Hall–Kier alpha value is -3.56. The van der Waals surface area contributed by atoms with Crippen molar-refractivity contribution in [2.45, 2.75) is 12.6 Å². The zero-order valence-corrected chi connectivity index (χ0v) is 18.9. The Kier molecular flexibility index (Phi) is 6.64. The number of benzene rings is 2. The minimum absolute atomic E-state index is 0.00588. The molecule has 2 aromatic carbocycles. The summed E-state index contributed by atoms with van der Waals surface area (Å²) in [5.41, 5.74) is 2.01. The molecule has 9 nitrogen and oxygen atoms in total. The normalized spacial score (nSPS) is 17.4. The van der Waals surface area contributed by atoms with Gasteiger partial charge in [0.1, 0.15) is 18.1 Å². The largest absolute Gasteiger partial charge is 0.487 e. The van der Waals surface area contributed by atoms with Crippen LogP contribution in [0.2, 0.25) is 0 Å². The fraction of sp³-hybridized carbons (Fsp3) is 0.360. The number of likely N-dealkylation sites (tertiary alicyclic amines) is 1. The Labute approximate surface area is 197 Å². The average molecular weight is 462 g/mol. The number of piperazine rings is 1. The number of hydrogen-bond acceptors (Lipinski definition) is 8. The van der Waals surface area contributed by atoms with Crippen LogP contribution < -0.4 is 4.74 Å². The van der Waals surface area contributed by atoms with Crippen LogP contribution in [0.15, 0.2) is 59.0 Å². The van der Waals surface area contributed by atoms with Gasteiger partial charge in [-0.2, -0.15) is 0 Å². The lowest BCUT2D eigenvalue weighted by Gasteiger charge is -2.38. The molecule has 0 radical (unpaired) electrons. The lowest BCUT2D eigenvalue weighted by Crippen LogP contribution is -2.56. The third-order valence-electron chi connectivity index (χ3n) is 6.19. The van der Waals surface area contributed by atoms with E-state index in [1.54, 1.807) is 4.90 Å². The number of aromatic nitrogens is 2. The molecule has 2 fully saturated rings. The zero-order chi connectivity index (χ0) is 23.3. The Balaban J connectivity index is 1.07. The van der Waals surface area contributed by atoms with Crippen LogP contribution >= 0.6 is 0 Å². The summed E-state index contributed by atoms with van der Waals surface area (Å²) < 4.78 is 11.6. The Morgan fingerprint density at radius 3 is 2.38 bits per heavy atom. The van der Waals surface area contributed by atoms with E-state index in [1.807, 2.05) is 42.5 Å². The quantitative estimate of drug-likeness (QED) is 0.470. The van der Waals surface area contributed by atoms with Gasteiger partial charge in [0, 0.05) is 38.3 Å². The van der Waals surface area contributed by atoms with Crippen LogP contribution in [-0.2, 0) is 11.3 Å². The van der Waals surface area contributed by atoms with Gasteiger partial charge in [0.2, 0.25) is 5.89 Å². The highest BCUT2D eigenvalue weighted by molar-refractivity contribution is 5.90. The number of amides is 1. The number of aldehydes is 1. The predicted octanol–water partition coefficient (Wildman–Crippen LogP) is 1.96. The van der Waals surface area contributed by atoms with E-state index in [2.05, 4.69) is 32.1 Å². The highest BCUT2D eigenvalue weighted by Crippen LogP contribution is 2.22. The van der Waals surface area contributed by atoms with E-state index in [0.29, 0.717) is 25.5 Å². The molecule has 0 unspecified atom stereocenters. The summed E-state index contributed by atoms with van der Waals surface area (Å²) >= 11 is 0. The summed E-state index contributed by atoms with van der Waals surface area (Å²) in [6.07, 6.45) is 0.913. The highest BCUT2D eigenvalue weighted by atomic mass is 16.5. The number of hydrogen-bond donors (Lipinski definition) is 0. The number of rotatable bonds is 8. The lowest BCUT2D eigenvalue weighted by atomic mass is 10.1. The fourth-order valence-corrected chi connectivity index (χ4v) is 4.18. The molecule has 0 atom stereocenters. The van der Waals surface area contributed by atoms with Crippen molar-refractivity contribution in [2.24, 2.45) is 0 Å². The maximum Gasteiger partial charge on any atom is 0.311 e. The number of carbonyl (C=O) groups is 2. The maximum atomic E-state index is 12.6. The van der Waals surface area contributed by atoms with Crippen molar-refractivity contribution in [3.63, 3.8) is 0 Å². The van der Waals surface area contributed by atoms with Crippen LogP contribution in [0, 0.1) is 0 Å². The molecule has 1 aromatic heterocycles. The first-order valence-corrected chi connectivity index (χ1v) is 11.5. The molecule has 0 N–H and O–H groups in total. The molecule has 9 heteroatoms. The van der Waals surface area contributed by atoms with Crippen molar-refractivity contribution in [3.8, 4) is 17.2 Å². The third-order valence-corrected chi connectivity index (χ3v) is 6.19. The number of nitrogens with zero attached hydrogens (tertiary/aromatic N) is 5. The van der Waals surface area contributed by atoms with Gasteiger partial charge in [0.15, 0.2) is 0 Å². The summed E-state index contributed by atoms with van der Waals surface area (Å²) in [5.74, 6) is 0.841. The Morgan fingerprint density at radius 2 is 1.68 bits per heavy atom. The molecule has 1 amide bonds. The van der Waals surface area contributed by atoms with E-state index in [-0.39, 0.29) is 17.9 Å². The summed E-state index contributed by atoms with van der Waals surface area (Å²) in [6.45, 7) is 6.14. The van der Waals surface area contributed by atoms with Crippen molar-refractivity contribution in [1.82, 2.24) is 24.9 Å². The van der Waals surface area contributed by atoms with Gasteiger partial charge in [-0.3, -0.25) is 14.6 Å². The van der Waals surface area contributed by atoms with Crippen molar-refractivity contribution >= 4 is 12.2 Å². The monoisotopic (exact) mass is 461 g/mol. The predicted molar refractivity (Wildman–Crippen MR) is 124 cm³/mol. The molecule has 0 spiro atoms. The molecule has 176 valence electrons. The number of ether oxygens (including phenoxy) is 1. The van der Waals surface area contributed by atoms with Gasteiger partial charge >= 0.3 is 11.8 Å². The fourth-order valence-electron chi connectivity index (χ4n) is 4.18. The minimum atomic E-state index is -0.280. The second-order valence-corrected chi connectivity index (χ2v) is 8.62. The molecule has 2 aliphatic rings. The smallest absolute Gasteiger partial charge is 0.311 e. The van der Waals surface area contributed by atoms with Crippen molar-refractivity contribution in [3.05, 3.63) is 66.1 Å². The molecule has 34 heavy (non-hydrogen) atoms. The van der Waals surface area contributed by atoms with E-state index in [9.17, 15) is 9.59 Å². The topological polar surface area (TPSA) is 92.0 Å². The van der Waals surface area contributed by atoms with Crippen LogP contribution in [0.3, 0.4) is 0 Å². The molecule has 0 aliphatic carbocycles. The number of carbonyl (C=O) groups excluding carboxylic acids is 2. The van der Waals surface area contributed by atoms with Gasteiger partial charge < -0.3 is 18.8 Å². The summed E-state index contributed by atoms with van der Waals surface area (Å²) in [7, 11) is 0. The molecular weight excluding hydrogens is 434 g/mol. The maximum absolute atomic E-state index is 12.6. The first-order chi connectivity index (χ1) is 16.7. The lowest BCUT2D eigenvalue weighted by molar-refractivity contribution is -0.109. The van der Waals surface area contributed by atoms with Gasteiger partial charge in [-0.15, -0.1) is 10.2 Å². The van der Waals surface area contributed by atoms with Crippen LogP contribution in [-0.4, -0.2) is 89.0 Å². The van der Waals surface area contributed by atoms with Crippen LogP contribution in [0.1, 0.15) is 16.2 Å². The summed E-state index contributed by atoms with van der Waals surface area (Å²) in [4.78, 5) is 29.5. The average Bonchev–Trinajstić information content (AvgIpc) is 3.34. The Bertz CT molecular complexity index is 1100. The molecule has 0 bridgehead atoms. The second-order valence-electron chi connectivity index (χ2n) is 8.62. The molecule has 2 saturated heterocycles. The van der Waals surface area contributed by atoms with Gasteiger partial charge in [0.05, 0.1) is 19.6 Å². The van der Waals surface area contributed by atoms with Crippen LogP contribution in [0.25, 0.3) is 11.5 Å². The first-order valence-electron chi connectivity index (χ1n) is 11.5. The SMILES string of the molecule is O=CCN1CCN(Cc2ccc(OC3CN(C(=O)c4nnc(-c5ccccc5)o4)C3)cc2)CC1. The van der Waals surface area contributed by atoms with E-state index in [1.165, 1.54) is 5.56 Å². The molecule has 2 aliphatic heterocycles. The standard InChI is InChI=1S/C25H27N5O4/c31-15-14-28-10-12-29(13-11-28)16-19-6-8-21(9-7-19)33-22-17-30(18-22)25(32)24-27-26-23(34-24)20-4-2-1-3-5-20/h1-9,15,22H,10-14,16-18H2. The highest BCUT2D eigenvalue weighted by Gasteiger charge is 2.35. The van der Waals surface area contributed by atoms with Crippen molar-refractivity contribution in [1.29, 1.82) is 0 Å². The van der Waals surface area contributed by atoms with Crippen LogP contribution in [0.4, 0.5) is 0 Å². The summed E-state index contributed by atoms with van der Waals surface area (Å²) in [5, 5.41) is 7.89. The van der Waals surface area contributed by atoms with Gasteiger partial charge in [0.25, 0.3) is 0 Å². The van der Waals surface area contributed by atoms with E-state index >= 15 is 0 Å².